The van der Waals surface area contributed by atoms with Gasteiger partial charge in [-0.2, -0.15) is 0 Å². The van der Waals surface area contributed by atoms with Gasteiger partial charge in [-0.1, -0.05) is 0 Å². The van der Waals surface area contributed by atoms with Crippen LogP contribution in [0.25, 0.3) is 0 Å². The third kappa shape index (κ3) is 7.52. The Labute approximate surface area is 129 Å². The van der Waals surface area contributed by atoms with Crippen LogP contribution in [-0.4, -0.2) is 35.7 Å². The Hall–Kier alpha value is -2.24. The van der Waals surface area contributed by atoms with E-state index in [1.165, 1.54) is 0 Å². The second-order valence-electron chi connectivity index (χ2n) is 5.17. The average molecular weight is 308 g/mol. The van der Waals surface area contributed by atoms with Crippen molar-refractivity contribution >= 4 is 23.5 Å². The van der Waals surface area contributed by atoms with Crippen molar-refractivity contribution in [2.45, 2.75) is 51.7 Å². The first-order valence-electron chi connectivity index (χ1n) is 7.20. The Morgan fingerprint density at radius 3 is 1.45 bits per heavy atom. The highest BCUT2D eigenvalue weighted by atomic mass is 16.5. The molecule has 120 valence electrons. The predicted molar refractivity (Wildman–Crippen MR) is 77.9 cm³/mol. The van der Waals surface area contributed by atoms with Crippen molar-refractivity contribution in [3.8, 4) is 0 Å². The highest BCUT2D eigenvalue weighted by molar-refractivity contribution is 5.96. The van der Waals surface area contributed by atoms with Crippen LogP contribution in [0.5, 0.6) is 0 Å². The Morgan fingerprint density at radius 1 is 0.727 bits per heavy atom. The van der Waals surface area contributed by atoms with Crippen LogP contribution in [0.3, 0.4) is 0 Å². The van der Waals surface area contributed by atoms with Crippen molar-refractivity contribution in [2.24, 2.45) is 0 Å². The average Bonchev–Trinajstić information content (AvgIpc) is 2.46. The van der Waals surface area contributed by atoms with Gasteiger partial charge in [0.1, 0.15) is 0 Å². The Bertz CT molecular complexity index is 457. The highest BCUT2D eigenvalue weighted by Gasteiger charge is 2.12. The summed E-state index contributed by atoms with van der Waals surface area (Å²) in [5.74, 6) is -1.72. The van der Waals surface area contributed by atoms with Crippen LogP contribution in [-0.2, 0) is 28.7 Å². The van der Waals surface area contributed by atoms with E-state index < -0.39 is 24.1 Å². The fourth-order valence-corrected chi connectivity index (χ4v) is 1.77. The number of ketones is 2. The monoisotopic (exact) mass is 308 g/mol. The predicted octanol–water partition coefficient (Wildman–Crippen LogP) is 1.67. The van der Waals surface area contributed by atoms with E-state index in [-0.39, 0.29) is 24.4 Å². The molecule has 22 heavy (non-hydrogen) atoms. The van der Waals surface area contributed by atoms with E-state index in [1.54, 1.807) is 13.8 Å². The van der Waals surface area contributed by atoms with Gasteiger partial charge in [-0.15, -0.1) is 0 Å². The topological polar surface area (TPSA) is 86.7 Å². The third-order valence-electron chi connectivity index (χ3n) is 3.04. The minimum atomic E-state index is -0.615. The molecule has 0 aromatic rings. The van der Waals surface area contributed by atoms with E-state index in [9.17, 15) is 19.2 Å². The number of hydrogen-bond donors (Lipinski definition) is 0. The molecule has 0 aromatic carbocycles. The minimum Gasteiger partial charge on any atom is -0.459 e. The second kappa shape index (κ2) is 8.92. The molecule has 0 radical (unpaired) electrons. The summed E-state index contributed by atoms with van der Waals surface area (Å²) < 4.78 is 10.1. The molecule has 0 amide bonds. The summed E-state index contributed by atoms with van der Waals surface area (Å²) in [5.41, 5.74) is 0. The molecule has 6 nitrogen and oxygen atoms in total. The second-order valence-corrected chi connectivity index (χ2v) is 5.17. The molecule has 2 atom stereocenters. The first-order valence-corrected chi connectivity index (χ1v) is 7.20. The summed E-state index contributed by atoms with van der Waals surface area (Å²) in [7, 11) is 0. The number of cyclic esters (lactones) is 2. The van der Waals surface area contributed by atoms with Crippen LogP contribution in [0.2, 0.25) is 0 Å². The lowest BCUT2D eigenvalue weighted by atomic mass is 10.1. The molecule has 1 heterocycles. The van der Waals surface area contributed by atoms with Crippen molar-refractivity contribution in [2.75, 3.05) is 0 Å². The van der Waals surface area contributed by atoms with E-state index >= 15 is 0 Å². The summed E-state index contributed by atoms with van der Waals surface area (Å²) >= 11 is 0. The van der Waals surface area contributed by atoms with Crippen LogP contribution >= 0.6 is 0 Å². The summed E-state index contributed by atoms with van der Waals surface area (Å²) in [5, 5.41) is 0. The summed E-state index contributed by atoms with van der Waals surface area (Å²) in [6.45, 7) is 3.31. The summed E-state index contributed by atoms with van der Waals surface area (Å²) in [6.07, 6.45) is 4.51. The molecule has 2 unspecified atom stereocenters. The van der Waals surface area contributed by atoms with Crippen molar-refractivity contribution < 1.29 is 28.7 Å². The summed E-state index contributed by atoms with van der Waals surface area (Å²) in [6, 6.07) is 0. The number of carbonyl (C=O) groups excluding carboxylic acids is 4. The van der Waals surface area contributed by atoms with Gasteiger partial charge in [-0.05, 0) is 38.8 Å². The molecule has 0 fully saturated rings. The quantitative estimate of drug-likeness (QED) is 0.633. The molecular weight excluding hydrogens is 288 g/mol. The van der Waals surface area contributed by atoms with E-state index in [1.807, 2.05) is 0 Å². The van der Waals surface area contributed by atoms with Gasteiger partial charge in [0, 0.05) is 25.0 Å². The molecule has 0 aromatic heterocycles. The van der Waals surface area contributed by atoms with Crippen LogP contribution in [0.4, 0.5) is 0 Å². The van der Waals surface area contributed by atoms with E-state index in [0.717, 1.165) is 24.3 Å². The Morgan fingerprint density at radius 2 is 1.09 bits per heavy atom. The number of esters is 2. The third-order valence-corrected chi connectivity index (χ3v) is 3.04. The molecule has 0 saturated carbocycles. The van der Waals surface area contributed by atoms with Crippen LogP contribution in [0.1, 0.15) is 39.5 Å². The van der Waals surface area contributed by atoms with Gasteiger partial charge in [0.05, 0.1) is 12.2 Å². The molecule has 0 N–H and O–H groups in total. The van der Waals surface area contributed by atoms with Crippen LogP contribution < -0.4 is 0 Å². The fraction of sp³-hybridized carbons (Fsp3) is 0.500. The van der Waals surface area contributed by atoms with E-state index in [4.69, 9.17) is 9.47 Å². The van der Waals surface area contributed by atoms with Gasteiger partial charge in [0.2, 0.25) is 0 Å². The normalized spacial score (nSPS) is 28.6. The number of rotatable bonds is 0. The van der Waals surface area contributed by atoms with Gasteiger partial charge in [0.25, 0.3) is 0 Å². The fourth-order valence-electron chi connectivity index (χ4n) is 1.77. The molecule has 0 aliphatic carbocycles. The Balaban J connectivity index is 2.75. The Kier molecular flexibility index (Phi) is 7.22. The molecule has 0 spiro atoms. The maximum atomic E-state index is 11.6. The number of allylic oxidation sites excluding steroid dienone is 2. The largest absolute Gasteiger partial charge is 0.459 e. The SMILES string of the molecule is CC1CCC(=O)/C=C/C(=O)OC(C)CCC(=O)/C=C/C(=O)O1. The van der Waals surface area contributed by atoms with Gasteiger partial charge in [-0.25, -0.2) is 9.59 Å². The van der Waals surface area contributed by atoms with Crippen molar-refractivity contribution in [3.63, 3.8) is 0 Å². The van der Waals surface area contributed by atoms with Crippen molar-refractivity contribution in [3.05, 3.63) is 24.3 Å². The molecule has 1 rings (SSSR count). The first-order chi connectivity index (χ1) is 10.4. The summed E-state index contributed by atoms with van der Waals surface area (Å²) in [4.78, 5) is 46.1. The number of hydrogen-bond acceptors (Lipinski definition) is 6. The lowest BCUT2D eigenvalue weighted by Crippen LogP contribution is -2.16. The standard InChI is InChI=1S/C16H20O6/c1-11-3-5-13(17)8-10-16(20)22-12(2)4-6-14(18)7-9-15(19)21-11/h7-12H,3-6H2,1-2H3/b9-7+,10-8+. The molecular formula is C16H20O6. The lowest BCUT2D eigenvalue weighted by molar-refractivity contribution is -0.143. The molecule has 0 saturated heterocycles. The van der Waals surface area contributed by atoms with Crippen molar-refractivity contribution in [1.82, 2.24) is 0 Å². The maximum absolute atomic E-state index is 11.6. The smallest absolute Gasteiger partial charge is 0.331 e. The van der Waals surface area contributed by atoms with Gasteiger partial charge >= 0.3 is 11.9 Å². The van der Waals surface area contributed by atoms with E-state index in [0.29, 0.717) is 12.8 Å². The lowest BCUT2D eigenvalue weighted by Gasteiger charge is -2.12. The molecule has 1 aliphatic heterocycles. The zero-order valence-electron chi connectivity index (χ0n) is 12.7. The molecule has 0 bridgehead atoms. The maximum Gasteiger partial charge on any atom is 0.331 e. The first kappa shape index (κ1) is 17.8. The van der Waals surface area contributed by atoms with Crippen molar-refractivity contribution in [1.29, 1.82) is 0 Å². The van der Waals surface area contributed by atoms with Crippen LogP contribution in [0.15, 0.2) is 24.3 Å². The van der Waals surface area contributed by atoms with E-state index in [2.05, 4.69) is 0 Å². The van der Waals surface area contributed by atoms with Gasteiger partial charge in [-0.3, -0.25) is 9.59 Å². The van der Waals surface area contributed by atoms with Crippen LogP contribution in [0, 0.1) is 0 Å². The molecule has 1 aliphatic rings. The number of carbonyl (C=O) groups is 4. The highest BCUT2D eigenvalue weighted by Crippen LogP contribution is 2.07. The van der Waals surface area contributed by atoms with Gasteiger partial charge < -0.3 is 9.47 Å². The van der Waals surface area contributed by atoms with Gasteiger partial charge in [0.15, 0.2) is 11.6 Å². The number of ether oxygens (including phenoxy) is 2. The molecule has 6 heteroatoms. The zero-order chi connectivity index (χ0) is 16.5. The zero-order valence-corrected chi connectivity index (χ0v) is 12.7. The minimum absolute atomic E-state index is 0.149.